The Bertz CT molecular complexity index is 1260. The highest BCUT2D eigenvalue weighted by molar-refractivity contribution is 7.07. The summed E-state index contributed by atoms with van der Waals surface area (Å²) >= 11 is 14.0. The van der Waals surface area contributed by atoms with E-state index in [0.717, 1.165) is 28.4 Å². The van der Waals surface area contributed by atoms with Gasteiger partial charge in [0, 0.05) is 22.2 Å². The van der Waals surface area contributed by atoms with Crippen LogP contribution in [0.5, 0.6) is 0 Å². The van der Waals surface area contributed by atoms with Gasteiger partial charge in [-0.1, -0.05) is 23.2 Å². The summed E-state index contributed by atoms with van der Waals surface area (Å²) in [6, 6.07) is 12.9. The Kier molecular flexibility index (Phi) is 5.67. The van der Waals surface area contributed by atoms with Gasteiger partial charge in [-0.15, -0.1) is 11.3 Å². The van der Waals surface area contributed by atoms with Gasteiger partial charge < -0.3 is 4.42 Å². The summed E-state index contributed by atoms with van der Waals surface area (Å²) < 4.78 is 7.48. The minimum Gasteiger partial charge on any atom is -0.460 e. The summed E-state index contributed by atoms with van der Waals surface area (Å²) in [6.07, 6.45) is 3.41. The zero-order valence-corrected chi connectivity index (χ0v) is 18.0. The highest BCUT2D eigenvalue weighted by Gasteiger charge is 2.13. The van der Waals surface area contributed by atoms with E-state index in [2.05, 4.69) is 4.98 Å². The van der Waals surface area contributed by atoms with Gasteiger partial charge in [-0.25, -0.2) is 9.67 Å². The van der Waals surface area contributed by atoms with Crippen molar-refractivity contribution in [3.05, 3.63) is 86.6 Å². The number of furan rings is 1. The van der Waals surface area contributed by atoms with E-state index in [1.54, 1.807) is 29.2 Å². The predicted octanol–water partition coefficient (Wildman–Crippen LogP) is 6.32. The van der Waals surface area contributed by atoms with Crippen LogP contribution in [-0.4, -0.2) is 15.4 Å². The number of rotatable bonds is 4. The summed E-state index contributed by atoms with van der Waals surface area (Å²) in [4.78, 5) is 9.51. The van der Waals surface area contributed by atoms with Gasteiger partial charge in [0.25, 0.3) is 0 Å². The molecule has 0 fully saturated rings. The first-order valence-corrected chi connectivity index (χ1v) is 10.4. The molecule has 3 heterocycles. The fraction of sp³-hybridized carbons (Fsp3) is 0.0952. The van der Waals surface area contributed by atoms with Crippen molar-refractivity contribution < 1.29 is 4.42 Å². The van der Waals surface area contributed by atoms with Crippen LogP contribution < -0.4 is 4.80 Å². The van der Waals surface area contributed by atoms with Crippen LogP contribution in [0.15, 0.2) is 74.7 Å². The lowest BCUT2D eigenvalue weighted by Crippen LogP contribution is -2.13. The molecule has 0 spiro atoms. The molecule has 29 heavy (non-hydrogen) atoms. The summed E-state index contributed by atoms with van der Waals surface area (Å²) in [5, 5.41) is 7.87. The van der Waals surface area contributed by atoms with E-state index in [9.17, 15) is 0 Å². The third-order valence-electron chi connectivity index (χ3n) is 4.11. The van der Waals surface area contributed by atoms with Crippen molar-refractivity contribution in [2.45, 2.75) is 13.8 Å². The Morgan fingerprint density at radius 3 is 2.72 bits per heavy atom. The maximum atomic E-state index is 6.46. The molecule has 0 amide bonds. The molecule has 4 rings (SSSR count). The number of halogens is 2. The summed E-state index contributed by atoms with van der Waals surface area (Å²) in [7, 11) is 0. The molecule has 1 aromatic carbocycles. The van der Waals surface area contributed by atoms with Crippen LogP contribution in [0.1, 0.15) is 18.4 Å². The number of nitrogens with zero attached hydrogens (tertiary/aromatic N) is 4. The van der Waals surface area contributed by atoms with Crippen molar-refractivity contribution in [3.8, 4) is 11.3 Å². The summed E-state index contributed by atoms with van der Waals surface area (Å²) in [6.45, 7) is 3.79. The van der Waals surface area contributed by atoms with E-state index in [4.69, 9.17) is 37.7 Å². The maximum absolute atomic E-state index is 6.46. The number of aromatic nitrogens is 2. The monoisotopic (exact) mass is 442 g/mol. The second-order valence-electron chi connectivity index (χ2n) is 6.26. The minimum absolute atomic E-state index is 0.540. The molecule has 8 heteroatoms. The standard InChI is InChI=1S/C21H16Cl2N4OS/c1-13-5-8-20(28-13)14(2)26-27-19(17-7-6-15(22)10-18(17)23)12-29-21(27)25-16-4-3-9-24-11-16/h3-12H,1-2H3. The Balaban J connectivity index is 1.92. The van der Waals surface area contributed by atoms with Crippen molar-refractivity contribution >= 4 is 45.9 Å². The number of hydrogen-bond donors (Lipinski definition) is 0. The lowest BCUT2D eigenvalue weighted by atomic mass is 10.2. The van der Waals surface area contributed by atoms with Gasteiger partial charge in [0.15, 0.2) is 0 Å². The van der Waals surface area contributed by atoms with Crippen LogP contribution in [0.2, 0.25) is 10.0 Å². The molecule has 0 N–H and O–H groups in total. The van der Waals surface area contributed by atoms with E-state index in [1.807, 2.05) is 49.6 Å². The van der Waals surface area contributed by atoms with E-state index in [0.29, 0.717) is 20.6 Å². The quantitative estimate of drug-likeness (QED) is 0.347. The number of benzene rings is 1. The Labute approximate surface area is 181 Å². The zero-order chi connectivity index (χ0) is 20.4. The van der Waals surface area contributed by atoms with Crippen molar-refractivity contribution in [2.75, 3.05) is 0 Å². The van der Waals surface area contributed by atoms with Crippen molar-refractivity contribution in [1.82, 2.24) is 9.66 Å². The van der Waals surface area contributed by atoms with Crippen molar-refractivity contribution in [3.63, 3.8) is 0 Å². The fourth-order valence-corrected chi connectivity index (χ4v) is 4.06. The zero-order valence-electron chi connectivity index (χ0n) is 15.6. The van der Waals surface area contributed by atoms with Gasteiger partial charge in [-0.05, 0) is 56.3 Å². The third kappa shape index (κ3) is 4.34. The van der Waals surface area contributed by atoms with Gasteiger partial charge in [0.2, 0.25) is 4.80 Å². The smallest absolute Gasteiger partial charge is 0.211 e. The van der Waals surface area contributed by atoms with Crippen LogP contribution in [0.25, 0.3) is 11.3 Å². The molecule has 0 radical (unpaired) electrons. The lowest BCUT2D eigenvalue weighted by Gasteiger charge is -2.07. The molecule has 0 bridgehead atoms. The lowest BCUT2D eigenvalue weighted by molar-refractivity contribution is 0.524. The second-order valence-corrected chi connectivity index (χ2v) is 7.94. The first-order chi connectivity index (χ1) is 14.0. The molecule has 146 valence electrons. The molecule has 4 aromatic rings. The van der Waals surface area contributed by atoms with Gasteiger partial charge in [-0.3, -0.25) is 4.98 Å². The normalized spacial score (nSPS) is 12.6. The van der Waals surface area contributed by atoms with E-state index in [1.165, 1.54) is 11.3 Å². The van der Waals surface area contributed by atoms with Crippen LogP contribution in [0.4, 0.5) is 5.69 Å². The first kappa shape index (κ1) is 19.6. The van der Waals surface area contributed by atoms with E-state index in [-0.39, 0.29) is 0 Å². The average molecular weight is 443 g/mol. The predicted molar refractivity (Wildman–Crippen MR) is 118 cm³/mol. The number of thiazole rings is 1. The van der Waals surface area contributed by atoms with Gasteiger partial charge in [0.05, 0.1) is 22.6 Å². The SMILES string of the molecule is CC(=Nn1c(-c2ccc(Cl)cc2Cl)csc1=Nc1cccnc1)c1ccc(C)o1. The van der Waals surface area contributed by atoms with Crippen LogP contribution in [-0.2, 0) is 0 Å². The number of pyridine rings is 1. The third-order valence-corrected chi connectivity index (χ3v) is 5.47. The molecular formula is C21H16Cl2N4OS. The molecule has 0 unspecified atom stereocenters. The number of aryl methyl sites for hydroxylation is 1. The summed E-state index contributed by atoms with van der Waals surface area (Å²) in [5.41, 5.74) is 3.07. The molecule has 3 aromatic heterocycles. The molecule has 0 atom stereocenters. The largest absolute Gasteiger partial charge is 0.460 e. The van der Waals surface area contributed by atoms with Crippen LogP contribution >= 0.6 is 34.5 Å². The Hall–Kier alpha value is -2.67. The van der Waals surface area contributed by atoms with Gasteiger partial charge in [-0.2, -0.15) is 5.10 Å². The average Bonchev–Trinajstić information content (AvgIpc) is 3.30. The van der Waals surface area contributed by atoms with Crippen LogP contribution in [0.3, 0.4) is 0 Å². The van der Waals surface area contributed by atoms with Crippen molar-refractivity contribution in [2.24, 2.45) is 10.1 Å². The first-order valence-electron chi connectivity index (χ1n) is 8.74. The molecule has 0 saturated heterocycles. The molecule has 0 aliphatic heterocycles. The van der Waals surface area contributed by atoms with Gasteiger partial charge >= 0.3 is 0 Å². The molecule has 0 saturated carbocycles. The second kappa shape index (κ2) is 8.37. The topological polar surface area (TPSA) is 55.7 Å². The fourth-order valence-electron chi connectivity index (χ4n) is 2.72. The molecule has 5 nitrogen and oxygen atoms in total. The maximum Gasteiger partial charge on any atom is 0.211 e. The van der Waals surface area contributed by atoms with E-state index < -0.39 is 0 Å². The number of hydrogen-bond acceptors (Lipinski definition) is 5. The van der Waals surface area contributed by atoms with Crippen LogP contribution in [0, 0.1) is 6.92 Å². The Morgan fingerprint density at radius 1 is 1.17 bits per heavy atom. The molecule has 0 aliphatic rings. The highest BCUT2D eigenvalue weighted by atomic mass is 35.5. The minimum atomic E-state index is 0.540. The Morgan fingerprint density at radius 2 is 2.03 bits per heavy atom. The molecule has 0 aliphatic carbocycles. The molecular weight excluding hydrogens is 427 g/mol. The van der Waals surface area contributed by atoms with Crippen molar-refractivity contribution in [1.29, 1.82) is 0 Å². The van der Waals surface area contributed by atoms with E-state index >= 15 is 0 Å². The van der Waals surface area contributed by atoms with Gasteiger partial charge in [0.1, 0.15) is 17.2 Å². The summed E-state index contributed by atoms with van der Waals surface area (Å²) in [5.74, 6) is 1.52. The highest BCUT2D eigenvalue weighted by Crippen LogP contribution is 2.31.